The van der Waals surface area contributed by atoms with E-state index in [2.05, 4.69) is 10.1 Å². The lowest BCUT2D eigenvalue weighted by Gasteiger charge is -2.06. The van der Waals surface area contributed by atoms with Crippen molar-refractivity contribution in [2.24, 2.45) is 0 Å². The molecular formula is C20H15FN2O3. The molecule has 0 aliphatic carbocycles. The minimum absolute atomic E-state index is 0.256. The van der Waals surface area contributed by atoms with Crippen molar-refractivity contribution in [2.45, 2.75) is 13.5 Å². The Morgan fingerprint density at radius 3 is 2.62 bits per heavy atom. The van der Waals surface area contributed by atoms with E-state index in [1.54, 1.807) is 24.3 Å². The number of aromatic nitrogens is 2. The first-order valence-corrected chi connectivity index (χ1v) is 8.06. The Morgan fingerprint density at radius 2 is 1.81 bits per heavy atom. The molecule has 0 aliphatic heterocycles. The summed E-state index contributed by atoms with van der Waals surface area (Å²) in [6.07, 6.45) is 0. The lowest BCUT2D eigenvalue weighted by molar-refractivity contribution is 0.269. The SMILES string of the molecule is Cc1ccccc1OCc1ccc(-c2nc(-c3ccc(F)cc3)no2)o1. The fourth-order valence-corrected chi connectivity index (χ4v) is 2.48. The van der Waals surface area contributed by atoms with E-state index in [1.165, 1.54) is 12.1 Å². The molecule has 0 amide bonds. The zero-order valence-corrected chi connectivity index (χ0v) is 14.0. The first kappa shape index (κ1) is 16.1. The van der Waals surface area contributed by atoms with Crippen molar-refractivity contribution in [2.75, 3.05) is 0 Å². The molecule has 0 unspecified atom stereocenters. The maximum atomic E-state index is 13.0. The number of aryl methyl sites for hydroxylation is 1. The monoisotopic (exact) mass is 350 g/mol. The van der Waals surface area contributed by atoms with Gasteiger partial charge in [0, 0.05) is 5.56 Å². The highest BCUT2D eigenvalue weighted by atomic mass is 19.1. The molecule has 0 saturated heterocycles. The number of para-hydroxylation sites is 1. The maximum Gasteiger partial charge on any atom is 0.293 e. The molecule has 2 aromatic heterocycles. The van der Waals surface area contributed by atoms with Gasteiger partial charge in [0.2, 0.25) is 5.82 Å². The van der Waals surface area contributed by atoms with Gasteiger partial charge in [0.1, 0.15) is 23.9 Å². The number of benzene rings is 2. The van der Waals surface area contributed by atoms with E-state index in [-0.39, 0.29) is 11.7 Å². The molecule has 2 aromatic carbocycles. The highest BCUT2D eigenvalue weighted by Crippen LogP contribution is 2.25. The largest absolute Gasteiger partial charge is 0.485 e. The molecule has 0 N–H and O–H groups in total. The van der Waals surface area contributed by atoms with Crippen LogP contribution in [0.25, 0.3) is 23.0 Å². The van der Waals surface area contributed by atoms with Crippen LogP contribution in [0, 0.1) is 12.7 Å². The van der Waals surface area contributed by atoms with Crippen LogP contribution in [0.1, 0.15) is 11.3 Å². The Bertz CT molecular complexity index is 1020. The van der Waals surface area contributed by atoms with E-state index in [1.807, 2.05) is 31.2 Å². The lowest BCUT2D eigenvalue weighted by Crippen LogP contribution is -1.95. The van der Waals surface area contributed by atoms with Gasteiger partial charge in [0.05, 0.1) is 0 Å². The van der Waals surface area contributed by atoms with Gasteiger partial charge in [-0.25, -0.2) is 4.39 Å². The van der Waals surface area contributed by atoms with Crippen molar-refractivity contribution in [3.05, 3.63) is 77.8 Å². The Morgan fingerprint density at radius 1 is 1.00 bits per heavy atom. The molecule has 0 radical (unpaired) electrons. The normalized spacial score (nSPS) is 10.8. The molecule has 2 heterocycles. The average molecular weight is 350 g/mol. The van der Waals surface area contributed by atoms with Gasteiger partial charge in [-0.2, -0.15) is 4.98 Å². The maximum absolute atomic E-state index is 13.0. The van der Waals surface area contributed by atoms with Crippen LogP contribution >= 0.6 is 0 Å². The van der Waals surface area contributed by atoms with Crippen LogP contribution in [-0.4, -0.2) is 10.1 Å². The van der Waals surface area contributed by atoms with E-state index in [0.29, 0.717) is 29.5 Å². The summed E-state index contributed by atoms with van der Waals surface area (Å²) in [4.78, 5) is 4.29. The van der Waals surface area contributed by atoms with Gasteiger partial charge in [-0.15, -0.1) is 0 Å². The smallest absolute Gasteiger partial charge is 0.293 e. The Labute approximate surface area is 149 Å². The highest BCUT2D eigenvalue weighted by Gasteiger charge is 2.14. The lowest BCUT2D eigenvalue weighted by atomic mass is 10.2. The predicted molar refractivity (Wildman–Crippen MR) is 92.9 cm³/mol. The molecule has 4 rings (SSSR count). The van der Waals surface area contributed by atoms with E-state index < -0.39 is 0 Å². The number of hydrogen-bond acceptors (Lipinski definition) is 5. The predicted octanol–water partition coefficient (Wildman–Crippen LogP) is 5.02. The van der Waals surface area contributed by atoms with Crippen LogP contribution in [-0.2, 0) is 6.61 Å². The van der Waals surface area contributed by atoms with Crippen molar-refractivity contribution in [3.63, 3.8) is 0 Å². The zero-order chi connectivity index (χ0) is 17.9. The number of rotatable bonds is 5. The standard InChI is InChI=1S/C20H15FN2O3/c1-13-4-2-3-5-17(13)24-12-16-10-11-18(25-16)20-22-19(23-26-20)14-6-8-15(21)9-7-14/h2-11H,12H2,1H3. The van der Waals surface area contributed by atoms with Crippen LogP contribution in [0.2, 0.25) is 0 Å². The zero-order valence-electron chi connectivity index (χ0n) is 14.0. The molecule has 130 valence electrons. The number of ether oxygens (including phenoxy) is 1. The van der Waals surface area contributed by atoms with Crippen molar-refractivity contribution < 1.29 is 18.1 Å². The van der Waals surface area contributed by atoms with Gasteiger partial charge in [0.25, 0.3) is 5.89 Å². The van der Waals surface area contributed by atoms with Gasteiger partial charge >= 0.3 is 0 Å². The topological polar surface area (TPSA) is 61.3 Å². The van der Waals surface area contributed by atoms with Gasteiger partial charge in [-0.3, -0.25) is 0 Å². The fourth-order valence-electron chi connectivity index (χ4n) is 2.48. The van der Waals surface area contributed by atoms with Crippen LogP contribution in [0.5, 0.6) is 5.75 Å². The average Bonchev–Trinajstić information content (AvgIpc) is 3.31. The van der Waals surface area contributed by atoms with Crippen molar-refractivity contribution in [1.29, 1.82) is 0 Å². The van der Waals surface area contributed by atoms with E-state index in [4.69, 9.17) is 13.7 Å². The summed E-state index contributed by atoms with van der Waals surface area (Å²) >= 11 is 0. The second-order valence-electron chi connectivity index (χ2n) is 5.75. The minimum atomic E-state index is -0.318. The van der Waals surface area contributed by atoms with Crippen molar-refractivity contribution in [1.82, 2.24) is 10.1 Å². The molecule has 0 atom stereocenters. The van der Waals surface area contributed by atoms with E-state index in [0.717, 1.165) is 11.3 Å². The summed E-state index contributed by atoms with van der Waals surface area (Å²) in [6, 6.07) is 17.2. The molecule has 4 aromatic rings. The van der Waals surface area contributed by atoms with Gasteiger partial charge in [-0.05, 0) is 55.0 Å². The van der Waals surface area contributed by atoms with Gasteiger partial charge < -0.3 is 13.7 Å². The summed E-state index contributed by atoms with van der Waals surface area (Å²) in [5.41, 5.74) is 1.72. The number of furan rings is 1. The minimum Gasteiger partial charge on any atom is -0.485 e. The summed E-state index contributed by atoms with van der Waals surface area (Å²) in [5, 5.41) is 3.91. The van der Waals surface area contributed by atoms with Gasteiger partial charge in [0.15, 0.2) is 5.76 Å². The molecule has 6 heteroatoms. The second kappa shape index (κ2) is 6.84. The molecular weight excluding hydrogens is 335 g/mol. The first-order valence-electron chi connectivity index (χ1n) is 8.06. The van der Waals surface area contributed by atoms with Crippen LogP contribution in [0.4, 0.5) is 4.39 Å². The van der Waals surface area contributed by atoms with Crippen LogP contribution in [0.15, 0.2) is 69.6 Å². The van der Waals surface area contributed by atoms with Gasteiger partial charge in [-0.1, -0.05) is 23.4 Å². The van der Waals surface area contributed by atoms with Crippen molar-refractivity contribution >= 4 is 0 Å². The van der Waals surface area contributed by atoms with Crippen LogP contribution < -0.4 is 4.74 Å². The number of halogens is 1. The molecule has 0 saturated carbocycles. The molecule has 26 heavy (non-hydrogen) atoms. The molecule has 5 nitrogen and oxygen atoms in total. The Balaban J connectivity index is 1.48. The summed E-state index contributed by atoms with van der Waals surface area (Å²) in [5.74, 6) is 2.21. The third-order valence-electron chi connectivity index (χ3n) is 3.86. The Kier molecular flexibility index (Phi) is 4.23. The third-order valence-corrected chi connectivity index (χ3v) is 3.86. The first-order chi connectivity index (χ1) is 12.7. The molecule has 0 spiro atoms. The number of nitrogens with zero attached hydrogens (tertiary/aromatic N) is 2. The van der Waals surface area contributed by atoms with Crippen LogP contribution in [0.3, 0.4) is 0 Å². The third kappa shape index (κ3) is 3.35. The Hall–Kier alpha value is -3.41. The number of hydrogen-bond donors (Lipinski definition) is 0. The summed E-state index contributed by atoms with van der Waals surface area (Å²) in [6.45, 7) is 2.28. The summed E-state index contributed by atoms with van der Waals surface area (Å²) in [7, 11) is 0. The molecule has 0 bridgehead atoms. The fraction of sp³-hybridized carbons (Fsp3) is 0.100. The molecule has 0 fully saturated rings. The van der Waals surface area contributed by atoms with E-state index >= 15 is 0 Å². The quantitative estimate of drug-likeness (QED) is 0.505. The van der Waals surface area contributed by atoms with Crippen molar-refractivity contribution in [3.8, 4) is 28.8 Å². The molecule has 0 aliphatic rings. The highest BCUT2D eigenvalue weighted by molar-refractivity contribution is 5.57. The van der Waals surface area contributed by atoms with E-state index in [9.17, 15) is 4.39 Å². The second-order valence-corrected chi connectivity index (χ2v) is 5.75. The summed E-state index contributed by atoms with van der Waals surface area (Å²) < 4.78 is 29.7.